The SMILES string of the molecule is Cc1cc(C)c(C)c(O[C@H]2CCC[C@@H]2O)c1. The molecule has 0 amide bonds. The number of hydrogen-bond donors (Lipinski definition) is 1. The van der Waals surface area contributed by atoms with Crippen LogP contribution in [0.4, 0.5) is 0 Å². The van der Waals surface area contributed by atoms with Crippen molar-refractivity contribution in [3.05, 3.63) is 28.8 Å². The summed E-state index contributed by atoms with van der Waals surface area (Å²) in [6, 6.07) is 4.22. The maximum Gasteiger partial charge on any atom is 0.124 e. The first kappa shape index (κ1) is 11.5. The highest BCUT2D eigenvalue weighted by molar-refractivity contribution is 5.42. The molecule has 1 N–H and O–H groups in total. The summed E-state index contributed by atoms with van der Waals surface area (Å²) in [5, 5.41) is 9.75. The van der Waals surface area contributed by atoms with Gasteiger partial charge >= 0.3 is 0 Å². The molecule has 0 unspecified atom stereocenters. The van der Waals surface area contributed by atoms with Gasteiger partial charge in [-0.05, 0) is 62.8 Å². The van der Waals surface area contributed by atoms with Crippen LogP contribution < -0.4 is 4.74 Å². The number of ether oxygens (including phenoxy) is 1. The van der Waals surface area contributed by atoms with Crippen LogP contribution in [0.25, 0.3) is 0 Å². The van der Waals surface area contributed by atoms with Gasteiger partial charge in [-0.25, -0.2) is 0 Å². The standard InChI is InChI=1S/C14H20O2/c1-9-7-10(2)11(3)14(8-9)16-13-6-4-5-12(13)15/h7-8,12-13,15H,4-6H2,1-3H3/t12-,13-/m0/s1. The smallest absolute Gasteiger partial charge is 0.124 e. The van der Waals surface area contributed by atoms with E-state index >= 15 is 0 Å². The van der Waals surface area contributed by atoms with Gasteiger partial charge in [-0.2, -0.15) is 0 Å². The molecule has 0 heterocycles. The van der Waals surface area contributed by atoms with Crippen LogP contribution in [0.15, 0.2) is 12.1 Å². The fourth-order valence-electron chi connectivity index (χ4n) is 2.33. The second-order valence-corrected chi connectivity index (χ2v) is 4.86. The molecule has 1 fully saturated rings. The topological polar surface area (TPSA) is 29.5 Å². The minimum absolute atomic E-state index is 0.0140. The van der Waals surface area contributed by atoms with Crippen molar-refractivity contribution in [2.45, 2.75) is 52.2 Å². The van der Waals surface area contributed by atoms with Crippen LogP contribution in [0.2, 0.25) is 0 Å². The molecule has 2 heteroatoms. The second kappa shape index (κ2) is 4.46. The van der Waals surface area contributed by atoms with Crippen molar-refractivity contribution in [3.63, 3.8) is 0 Å². The Hall–Kier alpha value is -1.02. The van der Waals surface area contributed by atoms with Gasteiger partial charge in [0.25, 0.3) is 0 Å². The Morgan fingerprint density at radius 2 is 1.94 bits per heavy atom. The van der Waals surface area contributed by atoms with Crippen LogP contribution in [-0.4, -0.2) is 17.3 Å². The van der Waals surface area contributed by atoms with Gasteiger partial charge in [-0.15, -0.1) is 0 Å². The highest BCUT2D eigenvalue weighted by Gasteiger charge is 2.27. The molecule has 16 heavy (non-hydrogen) atoms. The lowest BCUT2D eigenvalue weighted by Crippen LogP contribution is -2.26. The third kappa shape index (κ3) is 2.22. The van der Waals surface area contributed by atoms with Gasteiger partial charge in [0.05, 0.1) is 6.10 Å². The first-order valence-corrected chi connectivity index (χ1v) is 6.00. The molecule has 1 aromatic rings. The predicted molar refractivity (Wildman–Crippen MR) is 64.9 cm³/mol. The van der Waals surface area contributed by atoms with E-state index in [0.29, 0.717) is 0 Å². The summed E-state index contributed by atoms with van der Waals surface area (Å²) in [5.74, 6) is 0.934. The van der Waals surface area contributed by atoms with Crippen molar-refractivity contribution in [1.29, 1.82) is 0 Å². The van der Waals surface area contributed by atoms with Crippen LogP contribution in [0, 0.1) is 20.8 Å². The van der Waals surface area contributed by atoms with E-state index in [9.17, 15) is 5.11 Å². The van der Waals surface area contributed by atoms with Gasteiger partial charge < -0.3 is 9.84 Å². The van der Waals surface area contributed by atoms with Gasteiger partial charge in [0.1, 0.15) is 11.9 Å². The van der Waals surface area contributed by atoms with Crippen molar-refractivity contribution >= 4 is 0 Å². The van der Waals surface area contributed by atoms with E-state index in [1.54, 1.807) is 0 Å². The van der Waals surface area contributed by atoms with Gasteiger partial charge in [0, 0.05) is 0 Å². The van der Waals surface area contributed by atoms with Crippen molar-refractivity contribution in [2.75, 3.05) is 0 Å². The molecule has 0 aromatic heterocycles. The second-order valence-electron chi connectivity index (χ2n) is 4.86. The summed E-state index contributed by atoms with van der Waals surface area (Å²) in [7, 11) is 0. The average molecular weight is 220 g/mol. The normalized spacial score (nSPS) is 24.8. The van der Waals surface area contributed by atoms with Crippen LogP contribution >= 0.6 is 0 Å². The summed E-state index contributed by atoms with van der Waals surface area (Å²) in [5.41, 5.74) is 3.65. The van der Waals surface area contributed by atoms with Crippen LogP contribution in [0.5, 0.6) is 5.75 Å². The maximum atomic E-state index is 9.75. The van der Waals surface area contributed by atoms with Gasteiger partial charge in [-0.1, -0.05) is 6.07 Å². The zero-order chi connectivity index (χ0) is 11.7. The molecular formula is C14H20O2. The molecule has 0 aliphatic heterocycles. The number of benzene rings is 1. The molecule has 0 spiro atoms. The van der Waals surface area contributed by atoms with Gasteiger partial charge in [-0.3, -0.25) is 0 Å². The van der Waals surface area contributed by atoms with Crippen molar-refractivity contribution in [2.24, 2.45) is 0 Å². The molecule has 2 nitrogen and oxygen atoms in total. The average Bonchev–Trinajstić information content (AvgIpc) is 2.60. The lowest BCUT2D eigenvalue weighted by molar-refractivity contribution is 0.0599. The summed E-state index contributed by atoms with van der Waals surface area (Å²) < 4.78 is 5.93. The van der Waals surface area contributed by atoms with E-state index < -0.39 is 0 Å². The molecule has 88 valence electrons. The first-order chi connectivity index (χ1) is 7.58. The third-order valence-corrected chi connectivity index (χ3v) is 3.46. The van der Waals surface area contributed by atoms with E-state index in [-0.39, 0.29) is 12.2 Å². The van der Waals surface area contributed by atoms with E-state index in [1.807, 2.05) is 0 Å². The fourth-order valence-corrected chi connectivity index (χ4v) is 2.33. The van der Waals surface area contributed by atoms with Crippen LogP contribution in [0.3, 0.4) is 0 Å². The minimum Gasteiger partial charge on any atom is -0.487 e. The van der Waals surface area contributed by atoms with E-state index in [4.69, 9.17) is 4.74 Å². The summed E-state index contributed by atoms with van der Waals surface area (Å²) in [4.78, 5) is 0. The number of rotatable bonds is 2. The summed E-state index contributed by atoms with van der Waals surface area (Å²) >= 11 is 0. The highest BCUT2D eigenvalue weighted by Crippen LogP contribution is 2.29. The molecule has 0 radical (unpaired) electrons. The monoisotopic (exact) mass is 220 g/mol. The Labute approximate surface area is 97.3 Å². The Kier molecular flexibility index (Phi) is 3.20. The number of aliphatic hydroxyl groups is 1. The molecule has 2 atom stereocenters. The van der Waals surface area contributed by atoms with Crippen LogP contribution in [-0.2, 0) is 0 Å². The Bertz CT molecular complexity index is 385. The highest BCUT2D eigenvalue weighted by atomic mass is 16.5. The number of aryl methyl sites for hydroxylation is 2. The zero-order valence-corrected chi connectivity index (χ0v) is 10.3. The molecule has 1 saturated carbocycles. The molecule has 1 aliphatic carbocycles. The zero-order valence-electron chi connectivity index (χ0n) is 10.3. The third-order valence-electron chi connectivity index (χ3n) is 3.46. The Morgan fingerprint density at radius 3 is 2.56 bits per heavy atom. The lowest BCUT2D eigenvalue weighted by atomic mass is 10.1. The first-order valence-electron chi connectivity index (χ1n) is 6.00. The van der Waals surface area contributed by atoms with Crippen molar-refractivity contribution < 1.29 is 9.84 Å². The molecule has 1 aliphatic rings. The Balaban J connectivity index is 2.20. The van der Waals surface area contributed by atoms with Crippen molar-refractivity contribution in [3.8, 4) is 5.75 Å². The molecule has 0 saturated heterocycles. The van der Waals surface area contributed by atoms with Crippen LogP contribution in [0.1, 0.15) is 36.0 Å². The summed E-state index contributed by atoms with van der Waals surface area (Å²) in [6.07, 6.45) is 2.60. The predicted octanol–water partition coefficient (Wildman–Crippen LogP) is 2.90. The molecule has 1 aromatic carbocycles. The quantitative estimate of drug-likeness (QED) is 0.830. The van der Waals surface area contributed by atoms with Gasteiger partial charge in [0.15, 0.2) is 0 Å². The molecule has 2 rings (SSSR count). The molecular weight excluding hydrogens is 200 g/mol. The van der Waals surface area contributed by atoms with E-state index in [1.165, 1.54) is 16.7 Å². The fraction of sp³-hybridized carbons (Fsp3) is 0.571. The summed E-state index contributed by atoms with van der Waals surface area (Å²) in [6.45, 7) is 6.25. The van der Waals surface area contributed by atoms with Gasteiger partial charge in [0.2, 0.25) is 0 Å². The van der Waals surface area contributed by atoms with E-state index in [2.05, 4.69) is 32.9 Å². The maximum absolute atomic E-state index is 9.75. The largest absolute Gasteiger partial charge is 0.487 e. The Morgan fingerprint density at radius 1 is 1.19 bits per heavy atom. The van der Waals surface area contributed by atoms with E-state index in [0.717, 1.165) is 25.0 Å². The minimum atomic E-state index is -0.291. The lowest BCUT2D eigenvalue weighted by Gasteiger charge is -2.20. The number of hydrogen-bond acceptors (Lipinski definition) is 2. The molecule has 0 bridgehead atoms. The van der Waals surface area contributed by atoms with Crippen molar-refractivity contribution in [1.82, 2.24) is 0 Å². The number of aliphatic hydroxyl groups excluding tert-OH is 1.